The number of halogens is 2. The second-order valence-electron chi connectivity index (χ2n) is 6.71. The van der Waals surface area contributed by atoms with Crippen molar-refractivity contribution in [1.29, 1.82) is 0 Å². The third-order valence-corrected chi connectivity index (χ3v) is 7.68. The Hall–Kier alpha value is -1.97. The maximum atomic E-state index is 13.9. The molecule has 1 aliphatic rings. The fourth-order valence-electron chi connectivity index (χ4n) is 3.18. The molecule has 0 aliphatic carbocycles. The number of carbonyl (C=O) groups is 1. The minimum Gasteiger partial charge on any atom is -0.355 e. The summed E-state index contributed by atoms with van der Waals surface area (Å²) in [5.41, 5.74) is 0. The average Bonchev–Trinajstić information content (AvgIpc) is 2.73. The standard InChI is InChI=1S/C20H22F2N2O3S2/c21-16-6-7-18(22)19(14-16)29(26,27)24-11-8-15(9-12-24)20(25)23-10-13-28-17-4-2-1-3-5-17/h1-7,14-15H,8-13H2,(H,23,25). The number of benzene rings is 2. The number of carbonyl (C=O) groups excluding carboxylic acids is 1. The van der Waals surface area contributed by atoms with Crippen LogP contribution in [0.4, 0.5) is 8.78 Å². The van der Waals surface area contributed by atoms with Crippen LogP contribution in [-0.2, 0) is 14.8 Å². The fraction of sp³-hybridized carbons (Fsp3) is 0.350. The van der Waals surface area contributed by atoms with Gasteiger partial charge in [-0.25, -0.2) is 17.2 Å². The van der Waals surface area contributed by atoms with Crippen LogP contribution in [0.2, 0.25) is 0 Å². The number of amides is 1. The summed E-state index contributed by atoms with van der Waals surface area (Å²) in [5, 5.41) is 2.89. The van der Waals surface area contributed by atoms with E-state index in [0.717, 1.165) is 27.1 Å². The minimum absolute atomic E-state index is 0.0924. The molecule has 2 aromatic carbocycles. The van der Waals surface area contributed by atoms with Crippen molar-refractivity contribution >= 4 is 27.7 Å². The van der Waals surface area contributed by atoms with Crippen molar-refractivity contribution in [2.24, 2.45) is 5.92 Å². The summed E-state index contributed by atoms with van der Waals surface area (Å²) >= 11 is 1.64. The van der Waals surface area contributed by atoms with E-state index in [-0.39, 0.29) is 24.9 Å². The fourth-order valence-corrected chi connectivity index (χ4v) is 5.51. The van der Waals surface area contributed by atoms with Gasteiger partial charge in [0.05, 0.1) is 0 Å². The average molecular weight is 441 g/mol. The van der Waals surface area contributed by atoms with Crippen molar-refractivity contribution in [1.82, 2.24) is 9.62 Å². The second kappa shape index (κ2) is 9.69. The number of nitrogens with zero attached hydrogens (tertiary/aromatic N) is 1. The molecule has 1 saturated heterocycles. The SMILES string of the molecule is O=C(NCCSc1ccccc1)C1CCN(S(=O)(=O)c2cc(F)ccc2F)CC1. The Balaban J connectivity index is 1.48. The molecule has 1 N–H and O–H groups in total. The molecule has 9 heteroatoms. The lowest BCUT2D eigenvalue weighted by molar-refractivity contribution is -0.125. The molecule has 0 spiro atoms. The van der Waals surface area contributed by atoms with Gasteiger partial charge >= 0.3 is 0 Å². The Morgan fingerprint density at radius 2 is 1.79 bits per heavy atom. The van der Waals surface area contributed by atoms with Crippen LogP contribution in [0.3, 0.4) is 0 Å². The van der Waals surface area contributed by atoms with E-state index in [4.69, 9.17) is 0 Å². The molecule has 0 atom stereocenters. The van der Waals surface area contributed by atoms with Crippen molar-refractivity contribution in [2.75, 3.05) is 25.4 Å². The van der Waals surface area contributed by atoms with E-state index < -0.39 is 26.6 Å². The van der Waals surface area contributed by atoms with E-state index in [2.05, 4.69) is 5.32 Å². The Kier molecular flexibility index (Phi) is 7.26. The van der Waals surface area contributed by atoms with Crippen LogP contribution >= 0.6 is 11.8 Å². The highest BCUT2D eigenvalue weighted by Gasteiger charge is 2.33. The van der Waals surface area contributed by atoms with Gasteiger partial charge in [0.15, 0.2) is 0 Å². The predicted octanol–water partition coefficient (Wildman–Crippen LogP) is 3.27. The highest BCUT2D eigenvalue weighted by molar-refractivity contribution is 7.99. The molecule has 1 amide bonds. The van der Waals surface area contributed by atoms with E-state index in [9.17, 15) is 22.0 Å². The normalized spacial score (nSPS) is 15.9. The molecule has 1 aliphatic heterocycles. The zero-order valence-electron chi connectivity index (χ0n) is 15.7. The number of thioether (sulfide) groups is 1. The first-order valence-electron chi connectivity index (χ1n) is 9.28. The van der Waals surface area contributed by atoms with Crippen LogP contribution in [-0.4, -0.2) is 44.0 Å². The maximum absolute atomic E-state index is 13.9. The molecule has 1 heterocycles. The van der Waals surface area contributed by atoms with Gasteiger partial charge in [-0.2, -0.15) is 4.31 Å². The monoisotopic (exact) mass is 440 g/mol. The number of rotatable bonds is 7. The van der Waals surface area contributed by atoms with Crippen LogP contribution in [0.1, 0.15) is 12.8 Å². The summed E-state index contributed by atoms with van der Waals surface area (Å²) in [6.45, 7) is 0.704. The minimum atomic E-state index is -4.13. The zero-order chi connectivity index (χ0) is 20.9. The lowest BCUT2D eigenvalue weighted by atomic mass is 9.97. The maximum Gasteiger partial charge on any atom is 0.246 e. The molecular formula is C20H22F2N2O3S2. The van der Waals surface area contributed by atoms with Crippen LogP contribution in [0.5, 0.6) is 0 Å². The Labute approximate surface area is 173 Å². The smallest absolute Gasteiger partial charge is 0.246 e. The molecule has 5 nitrogen and oxygen atoms in total. The van der Waals surface area contributed by atoms with Gasteiger partial charge in [-0.3, -0.25) is 4.79 Å². The lowest BCUT2D eigenvalue weighted by Gasteiger charge is -2.30. The van der Waals surface area contributed by atoms with Crippen molar-refractivity contribution in [3.05, 3.63) is 60.2 Å². The van der Waals surface area contributed by atoms with Crippen LogP contribution in [0, 0.1) is 17.6 Å². The van der Waals surface area contributed by atoms with Crippen LogP contribution < -0.4 is 5.32 Å². The zero-order valence-corrected chi connectivity index (χ0v) is 17.3. The number of hydrogen-bond acceptors (Lipinski definition) is 4. The van der Waals surface area contributed by atoms with Crippen LogP contribution in [0.15, 0.2) is 58.3 Å². The van der Waals surface area contributed by atoms with E-state index in [0.29, 0.717) is 25.5 Å². The predicted molar refractivity (Wildman–Crippen MR) is 108 cm³/mol. The largest absolute Gasteiger partial charge is 0.355 e. The molecule has 0 radical (unpaired) electrons. The molecule has 29 heavy (non-hydrogen) atoms. The Bertz CT molecular complexity index is 947. The summed E-state index contributed by atoms with van der Waals surface area (Å²) in [6, 6.07) is 12.2. The molecule has 1 fully saturated rings. The first-order chi connectivity index (χ1) is 13.9. The van der Waals surface area contributed by atoms with E-state index in [1.807, 2.05) is 30.3 Å². The molecule has 3 rings (SSSR count). The lowest BCUT2D eigenvalue weighted by Crippen LogP contribution is -2.43. The third kappa shape index (κ3) is 5.55. The number of sulfonamides is 1. The van der Waals surface area contributed by atoms with E-state index >= 15 is 0 Å². The molecular weight excluding hydrogens is 418 g/mol. The van der Waals surface area contributed by atoms with Crippen LogP contribution in [0.25, 0.3) is 0 Å². The van der Waals surface area contributed by atoms with Crippen molar-refractivity contribution in [2.45, 2.75) is 22.6 Å². The highest BCUT2D eigenvalue weighted by atomic mass is 32.2. The quantitative estimate of drug-likeness (QED) is 0.530. The molecule has 0 unspecified atom stereocenters. The second-order valence-corrected chi connectivity index (χ2v) is 9.78. The van der Waals surface area contributed by atoms with Gasteiger partial charge in [-0.15, -0.1) is 11.8 Å². The Morgan fingerprint density at radius 1 is 1.10 bits per heavy atom. The summed E-state index contributed by atoms with van der Waals surface area (Å²) < 4.78 is 53.6. The molecule has 2 aromatic rings. The molecule has 0 aromatic heterocycles. The van der Waals surface area contributed by atoms with E-state index in [1.54, 1.807) is 11.8 Å². The number of nitrogens with one attached hydrogen (secondary N) is 1. The van der Waals surface area contributed by atoms with Crippen molar-refractivity contribution in [3.63, 3.8) is 0 Å². The highest BCUT2D eigenvalue weighted by Crippen LogP contribution is 2.26. The molecule has 0 bridgehead atoms. The third-order valence-electron chi connectivity index (χ3n) is 4.75. The Morgan fingerprint density at radius 3 is 2.48 bits per heavy atom. The van der Waals surface area contributed by atoms with Gasteiger partial charge in [0.2, 0.25) is 15.9 Å². The first-order valence-corrected chi connectivity index (χ1v) is 11.7. The van der Waals surface area contributed by atoms with Gasteiger partial charge in [-0.05, 0) is 43.2 Å². The van der Waals surface area contributed by atoms with Gasteiger partial charge in [0.1, 0.15) is 16.5 Å². The first kappa shape index (κ1) is 21.7. The molecule has 156 valence electrons. The van der Waals surface area contributed by atoms with Crippen molar-refractivity contribution < 1.29 is 22.0 Å². The topological polar surface area (TPSA) is 66.5 Å². The van der Waals surface area contributed by atoms with Gasteiger partial charge < -0.3 is 5.32 Å². The van der Waals surface area contributed by atoms with E-state index in [1.165, 1.54) is 0 Å². The summed E-state index contributed by atoms with van der Waals surface area (Å²) in [5.74, 6) is -1.45. The molecule has 0 saturated carbocycles. The summed E-state index contributed by atoms with van der Waals surface area (Å²) in [4.78, 5) is 12.8. The number of piperidine rings is 1. The van der Waals surface area contributed by atoms with Crippen molar-refractivity contribution in [3.8, 4) is 0 Å². The van der Waals surface area contributed by atoms with Gasteiger partial charge in [-0.1, -0.05) is 18.2 Å². The summed E-state index contributed by atoms with van der Waals surface area (Å²) in [6.07, 6.45) is 0.682. The number of hydrogen-bond donors (Lipinski definition) is 1. The van der Waals surface area contributed by atoms with Gasteiger partial charge in [0, 0.05) is 36.2 Å². The van der Waals surface area contributed by atoms with Gasteiger partial charge in [0.25, 0.3) is 0 Å². The summed E-state index contributed by atoms with van der Waals surface area (Å²) in [7, 11) is -4.13.